The van der Waals surface area contributed by atoms with Crippen molar-refractivity contribution in [3.63, 3.8) is 0 Å². The summed E-state index contributed by atoms with van der Waals surface area (Å²) >= 11 is 0. The Morgan fingerprint density at radius 3 is 2.61 bits per heavy atom. The molecule has 0 heterocycles. The SMILES string of the molecule is OC1CCC2C3CCC4CCCCC4=C3CCC12. The molecule has 0 aromatic rings. The molecule has 5 unspecified atom stereocenters. The first-order valence-electron chi connectivity index (χ1n) is 8.24. The minimum absolute atomic E-state index is 0.0330. The van der Waals surface area contributed by atoms with Crippen molar-refractivity contribution in [3.8, 4) is 0 Å². The monoisotopic (exact) mass is 246 g/mol. The van der Waals surface area contributed by atoms with Gasteiger partial charge in [-0.3, -0.25) is 0 Å². The summed E-state index contributed by atoms with van der Waals surface area (Å²) in [5.41, 5.74) is 3.79. The zero-order chi connectivity index (χ0) is 12.1. The first kappa shape index (κ1) is 11.5. The molecule has 4 rings (SSSR count). The second-order valence-corrected chi connectivity index (χ2v) is 7.19. The van der Waals surface area contributed by atoms with Crippen molar-refractivity contribution in [2.75, 3.05) is 0 Å². The maximum atomic E-state index is 10.1. The van der Waals surface area contributed by atoms with Gasteiger partial charge in [-0.15, -0.1) is 0 Å². The molecular weight excluding hydrogens is 220 g/mol. The Morgan fingerprint density at radius 1 is 0.722 bits per heavy atom. The van der Waals surface area contributed by atoms with Gasteiger partial charge in [0, 0.05) is 0 Å². The minimum atomic E-state index is 0.0330. The van der Waals surface area contributed by atoms with Gasteiger partial charge in [0.25, 0.3) is 0 Å². The van der Waals surface area contributed by atoms with E-state index in [1.165, 1.54) is 57.8 Å². The lowest BCUT2D eigenvalue weighted by atomic mass is 9.61. The van der Waals surface area contributed by atoms with Crippen LogP contribution in [0.3, 0.4) is 0 Å². The van der Waals surface area contributed by atoms with Gasteiger partial charge in [-0.25, -0.2) is 0 Å². The van der Waals surface area contributed by atoms with Gasteiger partial charge >= 0.3 is 0 Å². The van der Waals surface area contributed by atoms with Crippen LogP contribution in [0.2, 0.25) is 0 Å². The summed E-state index contributed by atoms with van der Waals surface area (Å²) in [6.07, 6.45) is 13.7. The van der Waals surface area contributed by atoms with E-state index in [0.717, 1.165) is 24.2 Å². The molecule has 0 radical (unpaired) electrons. The number of hydrogen-bond acceptors (Lipinski definition) is 1. The highest BCUT2D eigenvalue weighted by Crippen LogP contribution is 2.55. The van der Waals surface area contributed by atoms with E-state index in [1.807, 2.05) is 11.1 Å². The lowest BCUT2D eigenvalue weighted by molar-refractivity contribution is 0.0820. The molecule has 5 atom stereocenters. The standard InChI is InChI=1S/C17H26O/c18-17-10-9-15-14-6-5-11-3-1-2-4-12(11)13(14)7-8-16(15)17/h11,14-18H,1-10H2. The fourth-order valence-electron chi connectivity index (χ4n) is 5.74. The van der Waals surface area contributed by atoms with Crippen molar-refractivity contribution in [3.05, 3.63) is 11.1 Å². The van der Waals surface area contributed by atoms with Gasteiger partial charge in [0.1, 0.15) is 0 Å². The highest BCUT2D eigenvalue weighted by molar-refractivity contribution is 5.27. The molecule has 0 amide bonds. The summed E-state index contributed by atoms with van der Waals surface area (Å²) in [5.74, 6) is 3.34. The molecule has 0 aromatic carbocycles. The Labute approximate surface area is 111 Å². The predicted octanol–water partition coefficient (Wildman–Crippen LogP) is 4.06. The topological polar surface area (TPSA) is 20.2 Å². The van der Waals surface area contributed by atoms with Gasteiger partial charge in [-0.1, -0.05) is 17.6 Å². The van der Waals surface area contributed by atoms with Gasteiger partial charge in [0.15, 0.2) is 0 Å². The molecule has 3 saturated carbocycles. The van der Waals surface area contributed by atoms with Crippen molar-refractivity contribution in [1.29, 1.82) is 0 Å². The third kappa shape index (κ3) is 1.62. The van der Waals surface area contributed by atoms with Crippen LogP contribution in [0.15, 0.2) is 11.1 Å². The summed E-state index contributed by atoms with van der Waals surface area (Å²) in [5, 5.41) is 10.1. The highest BCUT2D eigenvalue weighted by atomic mass is 16.3. The maximum Gasteiger partial charge on any atom is 0.0571 e. The number of allylic oxidation sites excluding steroid dienone is 2. The second-order valence-electron chi connectivity index (χ2n) is 7.19. The summed E-state index contributed by atoms with van der Waals surface area (Å²) in [7, 11) is 0. The molecular formula is C17H26O. The second kappa shape index (κ2) is 4.37. The summed E-state index contributed by atoms with van der Waals surface area (Å²) in [6, 6.07) is 0. The molecule has 0 spiro atoms. The molecule has 4 aliphatic rings. The normalized spacial score (nSPS) is 47.5. The van der Waals surface area contributed by atoms with E-state index in [0.29, 0.717) is 5.92 Å². The Bertz CT molecular complexity index is 370. The summed E-state index contributed by atoms with van der Waals surface area (Å²) < 4.78 is 0. The Balaban J connectivity index is 1.66. The lowest BCUT2D eigenvalue weighted by Gasteiger charge is -2.44. The summed E-state index contributed by atoms with van der Waals surface area (Å²) in [4.78, 5) is 0. The maximum absolute atomic E-state index is 10.1. The van der Waals surface area contributed by atoms with E-state index in [9.17, 15) is 5.11 Å². The fourth-order valence-corrected chi connectivity index (χ4v) is 5.74. The van der Waals surface area contributed by atoms with Crippen LogP contribution in [0, 0.1) is 23.7 Å². The first-order chi connectivity index (χ1) is 8.84. The van der Waals surface area contributed by atoms with Gasteiger partial charge in [0.2, 0.25) is 0 Å². The number of fused-ring (bicyclic) bond motifs is 4. The van der Waals surface area contributed by atoms with Crippen LogP contribution >= 0.6 is 0 Å². The molecule has 1 heteroatoms. The molecule has 100 valence electrons. The van der Waals surface area contributed by atoms with Crippen molar-refractivity contribution >= 4 is 0 Å². The molecule has 0 aliphatic heterocycles. The Hall–Kier alpha value is -0.300. The smallest absolute Gasteiger partial charge is 0.0571 e. The van der Waals surface area contributed by atoms with Crippen LogP contribution in [-0.4, -0.2) is 11.2 Å². The van der Waals surface area contributed by atoms with Crippen LogP contribution in [0.5, 0.6) is 0 Å². The molecule has 1 nitrogen and oxygen atoms in total. The average molecular weight is 246 g/mol. The number of aliphatic hydroxyl groups is 1. The Morgan fingerprint density at radius 2 is 1.67 bits per heavy atom. The van der Waals surface area contributed by atoms with Crippen molar-refractivity contribution < 1.29 is 5.11 Å². The van der Waals surface area contributed by atoms with Crippen molar-refractivity contribution in [1.82, 2.24) is 0 Å². The third-order valence-electron chi connectivity index (χ3n) is 6.53. The fraction of sp³-hybridized carbons (Fsp3) is 0.882. The lowest BCUT2D eigenvalue weighted by Crippen LogP contribution is -2.35. The van der Waals surface area contributed by atoms with E-state index < -0.39 is 0 Å². The van der Waals surface area contributed by atoms with Crippen LogP contribution in [0.25, 0.3) is 0 Å². The molecule has 1 N–H and O–H groups in total. The summed E-state index contributed by atoms with van der Waals surface area (Å²) in [6.45, 7) is 0. The van der Waals surface area contributed by atoms with Gasteiger partial charge in [-0.05, 0) is 81.5 Å². The van der Waals surface area contributed by atoms with E-state index in [4.69, 9.17) is 0 Å². The van der Waals surface area contributed by atoms with Crippen LogP contribution in [0.4, 0.5) is 0 Å². The predicted molar refractivity (Wildman–Crippen MR) is 73.2 cm³/mol. The van der Waals surface area contributed by atoms with Crippen LogP contribution in [-0.2, 0) is 0 Å². The van der Waals surface area contributed by atoms with Gasteiger partial charge in [0.05, 0.1) is 6.10 Å². The van der Waals surface area contributed by atoms with Crippen molar-refractivity contribution in [2.24, 2.45) is 23.7 Å². The Kier molecular flexibility index (Phi) is 2.80. The van der Waals surface area contributed by atoms with Crippen LogP contribution in [0.1, 0.15) is 64.2 Å². The number of hydrogen-bond donors (Lipinski definition) is 1. The largest absolute Gasteiger partial charge is 0.393 e. The van der Waals surface area contributed by atoms with E-state index in [2.05, 4.69) is 0 Å². The number of rotatable bonds is 0. The zero-order valence-corrected chi connectivity index (χ0v) is 11.4. The van der Waals surface area contributed by atoms with E-state index >= 15 is 0 Å². The first-order valence-corrected chi connectivity index (χ1v) is 8.24. The molecule has 0 saturated heterocycles. The average Bonchev–Trinajstić information content (AvgIpc) is 2.80. The van der Waals surface area contributed by atoms with Gasteiger partial charge < -0.3 is 5.11 Å². The molecule has 0 aromatic heterocycles. The molecule has 0 bridgehead atoms. The molecule has 18 heavy (non-hydrogen) atoms. The quantitative estimate of drug-likeness (QED) is 0.639. The zero-order valence-electron chi connectivity index (χ0n) is 11.4. The van der Waals surface area contributed by atoms with E-state index in [1.54, 1.807) is 0 Å². The minimum Gasteiger partial charge on any atom is -0.393 e. The third-order valence-corrected chi connectivity index (χ3v) is 6.53. The van der Waals surface area contributed by atoms with Crippen molar-refractivity contribution in [2.45, 2.75) is 70.3 Å². The molecule has 3 fully saturated rings. The molecule has 4 aliphatic carbocycles. The van der Waals surface area contributed by atoms with E-state index in [-0.39, 0.29) is 6.10 Å². The van der Waals surface area contributed by atoms with Crippen LogP contribution < -0.4 is 0 Å². The highest BCUT2D eigenvalue weighted by Gasteiger charge is 2.46. The number of aliphatic hydroxyl groups excluding tert-OH is 1. The van der Waals surface area contributed by atoms with Gasteiger partial charge in [-0.2, -0.15) is 0 Å².